The summed E-state index contributed by atoms with van der Waals surface area (Å²) >= 11 is 1.58. The molecule has 0 spiro atoms. The Morgan fingerprint density at radius 3 is 2.48 bits per heavy atom. The number of azo groups is 1. The summed E-state index contributed by atoms with van der Waals surface area (Å²) < 4.78 is 4.17. The van der Waals surface area contributed by atoms with E-state index in [2.05, 4.69) is 71.2 Å². The van der Waals surface area contributed by atoms with Gasteiger partial charge >= 0.3 is 5.13 Å². The molecule has 0 aliphatic rings. The highest BCUT2D eigenvalue weighted by Gasteiger charge is 2.18. The molecular formula is C20H19N4S+. The molecule has 0 bridgehead atoms. The molecule has 2 heterocycles. The zero-order chi connectivity index (χ0) is 17.4. The van der Waals surface area contributed by atoms with Crippen LogP contribution in [0.1, 0.15) is 5.56 Å². The molecule has 4 aromatic rings. The van der Waals surface area contributed by atoms with Crippen molar-refractivity contribution in [3.8, 4) is 11.3 Å². The monoisotopic (exact) mass is 347 g/mol. The molecule has 0 radical (unpaired) electrons. The predicted molar refractivity (Wildman–Crippen MR) is 103 cm³/mol. The fraction of sp³-hybridized carbons (Fsp3) is 0.150. The molecule has 124 valence electrons. The van der Waals surface area contributed by atoms with E-state index in [1.165, 1.54) is 5.56 Å². The third kappa shape index (κ3) is 2.76. The van der Waals surface area contributed by atoms with E-state index in [0.29, 0.717) is 0 Å². The van der Waals surface area contributed by atoms with Gasteiger partial charge in [-0.2, -0.15) is 0 Å². The quantitative estimate of drug-likeness (QED) is 0.348. The first-order valence-electron chi connectivity index (χ1n) is 8.14. The molecular weight excluding hydrogens is 328 g/mol. The van der Waals surface area contributed by atoms with Gasteiger partial charge in [-0.15, -0.1) is 0 Å². The van der Waals surface area contributed by atoms with Crippen molar-refractivity contribution in [2.24, 2.45) is 24.3 Å². The summed E-state index contributed by atoms with van der Waals surface area (Å²) in [5, 5.41) is 13.2. The minimum Gasteiger partial charge on any atom is -0.342 e. The number of benzene rings is 2. The van der Waals surface area contributed by atoms with Crippen molar-refractivity contribution < 1.29 is 4.57 Å². The van der Waals surface area contributed by atoms with Gasteiger partial charge < -0.3 is 4.57 Å². The molecule has 0 aliphatic heterocycles. The van der Waals surface area contributed by atoms with E-state index in [0.717, 1.165) is 33.0 Å². The highest BCUT2D eigenvalue weighted by atomic mass is 32.1. The maximum Gasteiger partial charge on any atom is 0.408 e. The first kappa shape index (κ1) is 15.7. The summed E-state index contributed by atoms with van der Waals surface area (Å²) in [6, 6.07) is 16.9. The Hall–Kier alpha value is -2.79. The zero-order valence-corrected chi connectivity index (χ0v) is 15.3. The molecule has 0 atom stereocenters. The summed E-state index contributed by atoms with van der Waals surface area (Å²) in [5.74, 6) is 0. The van der Waals surface area contributed by atoms with Crippen LogP contribution in [-0.4, -0.2) is 4.57 Å². The Morgan fingerprint density at radius 2 is 1.76 bits per heavy atom. The van der Waals surface area contributed by atoms with Gasteiger partial charge in [-0.1, -0.05) is 48.0 Å². The molecule has 0 aliphatic carbocycles. The van der Waals surface area contributed by atoms with Crippen LogP contribution in [0.25, 0.3) is 22.2 Å². The molecule has 0 N–H and O–H groups in total. The molecule has 5 heteroatoms. The highest BCUT2D eigenvalue weighted by Crippen LogP contribution is 2.40. The molecule has 0 unspecified atom stereocenters. The van der Waals surface area contributed by atoms with Crippen LogP contribution in [0.2, 0.25) is 0 Å². The third-order valence-electron chi connectivity index (χ3n) is 4.40. The van der Waals surface area contributed by atoms with Gasteiger partial charge in [-0.3, -0.25) is 0 Å². The smallest absolute Gasteiger partial charge is 0.342 e. The maximum absolute atomic E-state index is 4.65. The Kier molecular flexibility index (Phi) is 3.93. The highest BCUT2D eigenvalue weighted by molar-refractivity contribution is 7.12. The Bertz CT molecular complexity index is 1070. The second kappa shape index (κ2) is 6.26. The number of aromatic nitrogens is 2. The molecule has 2 aromatic heterocycles. The standard InChI is InChI=1S/C20H19N4S/c1-14-8-10-15(11-9-14)19-18(21-22-20-23(2)12-13-25-20)16-6-4-5-7-17(16)24(19)3/h4-13H,1-3H3/q+1. The third-order valence-corrected chi connectivity index (χ3v) is 5.24. The van der Waals surface area contributed by atoms with Crippen molar-refractivity contribution in [3.05, 3.63) is 65.7 Å². The van der Waals surface area contributed by atoms with Crippen LogP contribution in [0, 0.1) is 6.92 Å². The second-order valence-electron chi connectivity index (χ2n) is 6.14. The summed E-state index contributed by atoms with van der Waals surface area (Å²) in [6.07, 6.45) is 1.99. The van der Waals surface area contributed by atoms with Crippen LogP contribution in [0.15, 0.2) is 70.3 Å². The summed E-state index contributed by atoms with van der Waals surface area (Å²) in [6.45, 7) is 2.10. The van der Waals surface area contributed by atoms with Gasteiger partial charge in [0.05, 0.1) is 23.4 Å². The van der Waals surface area contributed by atoms with E-state index < -0.39 is 0 Å². The number of nitrogens with zero attached hydrogens (tertiary/aromatic N) is 4. The first-order valence-corrected chi connectivity index (χ1v) is 9.02. The topological polar surface area (TPSA) is 33.5 Å². The van der Waals surface area contributed by atoms with E-state index in [1.807, 2.05) is 29.3 Å². The summed E-state index contributed by atoms with van der Waals surface area (Å²) in [7, 11) is 4.07. The van der Waals surface area contributed by atoms with Gasteiger partial charge in [0.2, 0.25) is 0 Å². The summed E-state index contributed by atoms with van der Waals surface area (Å²) in [5.41, 5.74) is 5.55. The average molecular weight is 347 g/mol. The van der Waals surface area contributed by atoms with E-state index in [-0.39, 0.29) is 0 Å². The lowest BCUT2D eigenvalue weighted by atomic mass is 10.1. The van der Waals surface area contributed by atoms with Crippen LogP contribution in [0.4, 0.5) is 10.8 Å². The lowest BCUT2D eigenvalue weighted by Gasteiger charge is -2.05. The molecule has 2 aromatic carbocycles. The van der Waals surface area contributed by atoms with Gasteiger partial charge in [0.25, 0.3) is 0 Å². The fourth-order valence-corrected chi connectivity index (χ4v) is 3.71. The van der Waals surface area contributed by atoms with Gasteiger partial charge in [0, 0.05) is 23.4 Å². The predicted octanol–water partition coefficient (Wildman–Crippen LogP) is 5.46. The number of hydrogen-bond donors (Lipinski definition) is 0. The lowest BCUT2D eigenvalue weighted by Crippen LogP contribution is -2.23. The van der Waals surface area contributed by atoms with Gasteiger partial charge in [-0.25, -0.2) is 4.57 Å². The van der Waals surface area contributed by atoms with Crippen molar-refractivity contribution in [3.63, 3.8) is 0 Å². The Balaban J connectivity index is 1.95. The van der Waals surface area contributed by atoms with Crippen molar-refractivity contribution in [2.75, 3.05) is 0 Å². The van der Waals surface area contributed by atoms with Crippen molar-refractivity contribution in [2.45, 2.75) is 6.92 Å². The van der Waals surface area contributed by atoms with Crippen LogP contribution < -0.4 is 4.57 Å². The lowest BCUT2D eigenvalue weighted by molar-refractivity contribution is -0.654. The number of rotatable bonds is 3. The van der Waals surface area contributed by atoms with Crippen molar-refractivity contribution in [1.82, 2.24) is 4.57 Å². The van der Waals surface area contributed by atoms with Gasteiger partial charge in [-0.05, 0) is 29.4 Å². The van der Waals surface area contributed by atoms with Crippen LogP contribution in [0.5, 0.6) is 0 Å². The fourth-order valence-electron chi connectivity index (χ4n) is 3.03. The number of thiazole rings is 1. The molecule has 0 fully saturated rings. The maximum atomic E-state index is 4.65. The van der Waals surface area contributed by atoms with Crippen molar-refractivity contribution >= 4 is 33.1 Å². The SMILES string of the molecule is Cc1ccc(-c2c(N=Nc3scc[n+]3C)c3ccccc3n2C)cc1. The van der Waals surface area contributed by atoms with Crippen LogP contribution >= 0.6 is 11.3 Å². The zero-order valence-electron chi connectivity index (χ0n) is 14.5. The largest absolute Gasteiger partial charge is 0.408 e. The summed E-state index contributed by atoms with van der Waals surface area (Å²) in [4.78, 5) is 0. The Labute approximate surface area is 150 Å². The minimum absolute atomic E-state index is 0.878. The second-order valence-corrected chi connectivity index (χ2v) is 7.01. The van der Waals surface area contributed by atoms with Crippen LogP contribution in [-0.2, 0) is 14.1 Å². The van der Waals surface area contributed by atoms with E-state index in [1.54, 1.807) is 11.3 Å². The van der Waals surface area contributed by atoms with Crippen LogP contribution in [0.3, 0.4) is 0 Å². The van der Waals surface area contributed by atoms with E-state index >= 15 is 0 Å². The normalized spacial score (nSPS) is 11.6. The van der Waals surface area contributed by atoms with E-state index in [9.17, 15) is 0 Å². The molecule has 0 amide bonds. The van der Waals surface area contributed by atoms with E-state index in [4.69, 9.17) is 0 Å². The molecule has 25 heavy (non-hydrogen) atoms. The van der Waals surface area contributed by atoms with Crippen molar-refractivity contribution in [1.29, 1.82) is 0 Å². The number of para-hydroxylation sites is 1. The Morgan fingerprint density at radius 1 is 1.00 bits per heavy atom. The minimum atomic E-state index is 0.878. The molecule has 0 saturated heterocycles. The number of fused-ring (bicyclic) bond motifs is 1. The molecule has 0 saturated carbocycles. The average Bonchev–Trinajstić information content (AvgIpc) is 3.16. The van der Waals surface area contributed by atoms with Gasteiger partial charge in [0.1, 0.15) is 11.9 Å². The first-order chi connectivity index (χ1) is 12.1. The van der Waals surface area contributed by atoms with Gasteiger partial charge in [0.15, 0.2) is 0 Å². The molecule has 4 rings (SSSR count). The molecule has 4 nitrogen and oxygen atoms in total. The number of aryl methyl sites for hydroxylation is 3. The number of hydrogen-bond acceptors (Lipinski definition) is 3.